The second kappa shape index (κ2) is 7.68. The van der Waals surface area contributed by atoms with Crippen LogP contribution in [0.3, 0.4) is 0 Å². The summed E-state index contributed by atoms with van der Waals surface area (Å²) in [7, 11) is 0. The van der Waals surface area contributed by atoms with Gasteiger partial charge in [-0.2, -0.15) is 0 Å². The zero-order chi connectivity index (χ0) is 15.2. The van der Waals surface area contributed by atoms with Crippen LogP contribution in [0, 0.1) is 0 Å². The maximum absolute atomic E-state index is 11.8. The Hall–Kier alpha value is -1.24. The van der Waals surface area contributed by atoms with Gasteiger partial charge in [0.05, 0.1) is 15.7 Å². The van der Waals surface area contributed by atoms with E-state index in [0.29, 0.717) is 28.6 Å². The lowest BCUT2D eigenvalue weighted by atomic mass is 10.2. The average molecular weight is 387 g/mol. The van der Waals surface area contributed by atoms with Crippen molar-refractivity contribution in [3.63, 3.8) is 0 Å². The normalized spacial score (nSPS) is 10.4. The fourth-order valence-corrected chi connectivity index (χ4v) is 2.68. The van der Waals surface area contributed by atoms with Crippen molar-refractivity contribution in [2.45, 2.75) is 11.4 Å². The van der Waals surface area contributed by atoms with Crippen molar-refractivity contribution in [2.75, 3.05) is 16.8 Å². The van der Waals surface area contributed by atoms with Gasteiger partial charge in [0.25, 0.3) is 0 Å². The molecule has 0 saturated carbocycles. The zero-order valence-electron chi connectivity index (χ0n) is 11.0. The molecule has 2 rings (SSSR count). The Morgan fingerprint density at radius 2 is 2.19 bits per heavy atom. The molecule has 0 bridgehead atoms. The molecule has 4 nitrogen and oxygen atoms in total. The van der Waals surface area contributed by atoms with Gasteiger partial charge in [0.1, 0.15) is 0 Å². The minimum atomic E-state index is -0.0682. The molecule has 21 heavy (non-hydrogen) atoms. The van der Waals surface area contributed by atoms with Crippen LogP contribution in [0.4, 0.5) is 11.4 Å². The van der Waals surface area contributed by atoms with E-state index in [0.717, 1.165) is 9.50 Å². The van der Waals surface area contributed by atoms with Gasteiger partial charge in [0, 0.05) is 28.5 Å². The second-order valence-corrected chi connectivity index (χ2v) is 6.64. The van der Waals surface area contributed by atoms with E-state index in [1.165, 1.54) is 11.8 Å². The summed E-state index contributed by atoms with van der Waals surface area (Å²) in [6.45, 7) is 0. The molecule has 7 heteroatoms. The van der Waals surface area contributed by atoms with Gasteiger partial charge in [-0.15, -0.1) is 11.8 Å². The fraction of sp³-hybridized carbons (Fsp3) is 0.143. The predicted molar refractivity (Wildman–Crippen MR) is 91.8 cm³/mol. The number of pyridine rings is 1. The molecule has 0 aliphatic heterocycles. The van der Waals surface area contributed by atoms with Crippen LogP contribution in [0.2, 0.25) is 5.02 Å². The summed E-state index contributed by atoms with van der Waals surface area (Å²) in [5.41, 5.74) is 6.78. The van der Waals surface area contributed by atoms with E-state index in [9.17, 15) is 4.79 Å². The Balaban J connectivity index is 1.79. The first kappa shape index (κ1) is 16.1. The van der Waals surface area contributed by atoms with Crippen LogP contribution < -0.4 is 11.1 Å². The molecule has 0 aliphatic rings. The van der Waals surface area contributed by atoms with Crippen LogP contribution in [0.25, 0.3) is 0 Å². The number of hydrogen-bond donors (Lipinski definition) is 2. The molecule has 1 aromatic heterocycles. The van der Waals surface area contributed by atoms with Crippen LogP contribution in [0.15, 0.2) is 46.0 Å². The standard InChI is InChI=1S/C14H13BrClN3OS/c15-9-1-4-14(18-8-9)21-6-5-13(20)19-10-2-3-11(16)12(17)7-10/h1-4,7-8H,5-6,17H2,(H,19,20). The lowest BCUT2D eigenvalue weighted by Gasteiger charge is -2.06. The number of rotatable bonds is 5. The van der Waals surface area contributed by atoms with E-state index in [4.69, 9.17) is 17.3 Å². The molecular weight excluding hydrogens is 374 g/mol. The molecule has 0 radical (unpaired) electrons. The second-order valence-electron chi connectivity index (χ2n) is 4.20. The van der Waals surface area contributed by atoms with Gasteiger partial charge in [-0.05, 0) is 46.3 Å². The minimum Gasteiger partial charge on any atom is -0.397 e. The molecule has 0 atom stereocenters. The first-order valence-electron chi connectivity index (χ1n) is 6.14. The topological polar surface area (TPSA) is 68.0 Å². The van der Waals surface area contributed by atoms with Crippen LogP contribution >= 0.6 is 39.3 Å². The number of carbonyl (C=O) groups is 1. The molecule has 1 amide bonds. The highest BCUT2D eigenvalue weighted by Crippen LogP contribution is 2.23. The van der Waals surface area contributed by atoms with Gasteiger partial charge in [0.15, 0.2) is 0 Å². The lowest BCUT2D eigenvalue weighted by Crippen LogP contribution is -2.12. The van der Waals surface area contributed by atoms with Crippen LogP contribution in [-0.4, -0.2) is 16.6 Å². The van der Waals surface area contributed by atoms with Crippen molar-refractivity contribution in [2.24, 2.45) is 0 Å². The smallest absolute Gasteiger partial charge is 0.225 e. The molecule has 0 aliphatic carbocycles. The van der Waals surface area contributed by atoms with Crippen molar-refractivity contribution in [3.05, 3.63) is 46.0 Å². The molecule has 0 unspecified atom stereocenters. The Morgan fingerprint density at radius 1 is 1.38 bits per heavy atom. The number of nitrogens with two attached hydrogens (primary N) is 1. The van der Waals surface area contributed by atoms with E-state index < -0.39 is 0 Å². The maximum atomic E-state index is 11.8. The number of nitrogens with one attached hydrogen (secondary N) is 1. The van der Waals surface area contributed by atoms with E-state index >= 15 is 0 Å². The quantitative estimate of drug-likeness (QED) is 0.597. The van der Waals surface area contributed by atoms with Crippen molar-refractivity contribution in [1.29, 1.82) is 0 Å². The molecule has 1 aromatic carbocycles. The summed E-state index contributed by atoms with van der Waals surface area (Å²) in [6, 6.07) is 8.86. The monoisotopic (exact) mass is 385 g/mol. The summed E-state index contributed by atoms with van der Waals surface area (Å²) >= 11 is 10.7. The number of thioether (sulfide) groups is 1. The third-order valence-electron chi connectivity index (χ3n) is 2.56. The average Bonchev–Trinajstić information content (AvgIpc) is 2.45. The number of benzene rings is 1. The number of nitrogens with zero attached hydrogens (tertiary/aromatic N) is 1. The molecule has 3 N–H and O–H groups in total. The van der Waals surface area contributed by atoms with Crippen LogP contribution in [0.1, 0.15) is 6.42 Å². The van der Waals surface area contributed by atoms with E-state index in [1.807, 2.05) is 12.1 Å². The van der Waals surface area contributed by atoms with Crippen molar-refractivity contribution in [1.82, 2.24) is 4.98 Å². The number of aromatic nitrogens is 1. The first-order chi connectivity index (χ1) is 10.0. The minimum absolute atomic E-state index is 0.0682. The molecule has 1 heterocycles. The first-order valence-corrected chi connectivity index (χ1v) is 8.29. The van der Waals surface area contributed by atoms with Gasteiger partial charge in [-0.1, -0.05) is 11.6 Å². The van der Waals surface area contributed by atoms with Gasteiger partial charge in [0.2, 0.25) is 5.91 Å². The summed E-state index contributed by atoms with van der Waals surface area (Å²) < 4.78 is 0.935. The molecular formula is C14H13BrClN3OS. The van der Waals surface area contributed by atoms with Crippen LogP contribution in [-0.2, 0) is 4.79 Å². The molecule has 0 fully saturated rings. The van der Waals surface area contributed by atoms with Gasteiger partial charge < -0.3 is 11.1 Å². The highest BCUT2D eigenvalue weighted by Gasteiger charge is 2.05. The van der Waals surface area contributed by atoms with E-state index in [-0.39, 0.29) is 5.91 Å². The van der Waals surface area contributed by atoms with Crippen molar-refractivity contribution >= 4 is 56.6 Å². The lowest BCUT2D eigenvalue weighted by molar-refractivity contribution is -0.115. The van der Waals surface area contributed by atoms with Gasteiger partial charge >= 0.3 is 0 Å². The number of amides is 1. The fourth-order valence-electron chi connectivity index (χ4n) is 1.54. The molecule has 110 valence electrons. The van der Waals surface area contributed by atoms with E-state index in [2.05, 4.69) is 26.2 Å². The Morgan fingerprint density at radius 3 is 2.86 bits per heavy atom. The molecule has 0 spiro atoms. The third-order valence-corrected chi connectivity index (χ3v) is 4.32. The summed E-state index contributed by atoms with van der Waals surface area (Å²) in [5.74, 6) is 0.588. The summed E-state index contributed by atoms with van der Waals surface area (Å²) in [4.78, 5) is 16.1. The van der Waals surface area contributed by atoms with Gasteiger partial charge in [-0.25, -0.2) is 4.98 Å². The Kier molecular flexibility index (Phi) is 5.90. The third kappa shape index (κ3) is 5.22. The number of halogens is 2. The van der Waals surface area contributed by atoms with Crippen molar-refractivity contribution < 1.29 is 4.79 Å². The maximum Gasteiger partial charge on any atom is 0.225 e. The number of hydrogen-bond acceptors (Lipinski definition) is 4. The van der Waals surface area contributed by atoms with Crippen molar-refractivity contribution in [3.8, 4) is 0 Å². The predicted octanol–water partition coefficient (Wildman–Crippen LogP) is 4.20. The van der Waals surface area contributed by atoms with E-state index in [1.54, 1.807) is 24.4 Å². The SMILES string of the molecule is Nc1cc(NC(=O)CCSc2ccc(Br)cn2)ccc1Cl. The highest BCUT2D eigenvalue weighted by molar-refractivity contribution is 9.10. The highest BCUT2D eigenvalue weighted by atomic mass is 79.9. The summed E-state index contributed by atoms with van der Waals surface area (Å²) in [5, 5.41) is 4.15. The number of anilines is 2. The summed E-state index contributed by atoms with van der Waals surface area (Å²) in [6.07, 6.45) is 2.13. The molecule has 2 aromatic rings. The Labute approximate surface area is 140 Å². The number of carbonyl (C=O) groups excluding carboxylic acids is 1. The molecule has 0 saturated heterocycles. The van der Waals surface area contributed by atoms with Crippen LogP contribution in [0.5, 0.6) is 0 Å². The zero-order valence-corrected chi connectivity index (χ0v) is 14.1. The Bertz CT molecular complexity index is 637. The number of nitrogen functional groups attached to an aromatic ring is 1. The van der Waals surface area contributed by atoms with Gasteiger partial charge in [-0.3, -0.25) is 4.79 Å². The largest absolute Gasteiger partial charge is 0.397 e.